The van der Waals surface area contributed by atoms with E-state index in [1.807, 2.05) is 37.3 Å². The molecule has 0 bridgehead atoms. The molecular weight excluding hydrogens is 306 g/mol. The van der Waals surface area contributed by atoms with Crippen molar-refractivity contribution in [2.75, 3.05) is 18.4 Å². The predicted molar refractivity (Wildman–Crippen MR) is 94.1 cm³/mol. The third-order valence-electron chi connectivity index (χ3n) is 3.72. The molecule has 0 aliphatic heterocycles. The van der Waals surface area contributed by atoms with Gasteiger partial charge >= 0.3 is 0 Å². The fourth-order valence-electron chi connectivity index (χ4n) is 2.43. The first-order valence-electron chi connectivity index (χ1n) is 7.87. The second-order valence-electron chi connectivity index (χ2n) is 5.57. The number of carbonyl (C=O) groups is 1. The van der Waals surface area contributed by atoms with Crippen LogP contribution in [0.3, 0.4) is 0 Å². The highest BCUT2D eigenvalue weighted by atomic mass is 16.6. The molecule has 2 aromatic carbocycles. The van der Waals surface area contributed by atoms with Crippen LogP contribution < -0.4 is 10.6 Å². The highest BCUT2D eigenvalue weighted by Crippen LogP contribution is 2.22. The maximum atomic E-state index is 12.0. The molecule has 2 N–H and O–H groups in total. The van der Waals surface area contributed by atoms with Gasteiger partial charge in [-0.1, -0.05) is 49.4 Å². The number of nitrogens with zero attached hydrogens (tertiary/aromatic N) is 1. The van der Waals surface area contributed by atoms with Gasteiger partial charge in [0.25, 0.3) is 5.69 Å². The van der Waals surface area contributed by atoms with Crippen molar-refractivity contribution in [2.45, 2.75) is 19.3 Å². The molecule has 0 aromatic heterocycles. The molecule has 2 rings (SSSR count). The number of carbonyl (C=O) groups excluding carboxylic acids is 1. The lowest BCUT2D eigenvalue weighted by Gasteiger charge is -2.12. The molecule has 6 nitrogen and oxygen atoms in total. The Kier molecular flexibility index (Phi) is 6.31. The highest BCUT2D eigenvalue weighted by molar-refractivity contribution is 5.76. The summed E-state index contributed by atoms with van der Waals surface area (Å²) in [5.41, 5.74) is 1.61. The first-order valence-corrected chi connectivity index (χ1v) is 7.87. The van der Waals surface area contributed by atoms with Gasteiger partial charge in [-0.05, 0) is 17.5 Å². The van der Waals surface area contributed by atoms with Crippen LogP contribution in [0.4, 0.5) is 11.4 Å². The van der Waals surface area contributed by atoms with E-state index in [-0.39, 0.29) is 17.5 Å². The van der Waals surface area contributed by atoms with Crippen molar-refractivity contribution in [1.82, 2.24) is 5.32 Å². The van der Waals surface area contributed by atoms with Gasteiger partial charge in [-0.25, -0.2) is 0 Å². The number of anilines is 1. The lowest BCUT2D eigenvalue weighted by Crippen LogP contribution is -2.29. The third kappa shape index (κ3) is 5.08. The summed E-state index contributed by atoms with van der Waals surface area (Å²) < 4.78 is 0. The van der Waals surface area contributed by atoms with E-state index in [1.54, 1.807) is 18.2 Å². The summed E-state index contributed by atoms with van der Waals surface area (Å²) in [6.45, 7) is 2.85. The van der Waals surface area contributed by atoms with E-state index in [0.717, 1.165) is 5.56 Å². The fourth-order valence-corrected chi connectivity index (χ4v) is 2.43. The third-order valence-corrected chi connectivity index (χ3v) is 3.72. The maximum absolute atomic E-state index is 12.0. The van der Waals surface area contributed by atoms with E-state index in [4.69, 9.17) is 0 Å². The zero-order valence-corrected chi connectivity index (χ0v) is 13.6. The molecule has 2 aromatic rings. The van der Waals surface area contributed by atoms with Crippen molar-refractivity contribution in [2.24, 2.45) is 0 Å². The Labute approximate surface area is 141 Å². The van der Waals surface area contributed by atoms with Gasteiger partial charge in [0.1, 0.15) is 5.69 Å². The maximum Gasteiger partial charge on any atom is 0.292 e. The zero-order valence-electron chi connectivity index (χ0n) is 13.6. The van der Waals surface area contributed by atoms with Gasteiger partial charge in [-0.3, -0.25) is 14.9 Å². The Balaban J connectivity index is 1.74. The summed E-state index contributed by atoms with van der Waals surface area (Å²) in [6.07, 6.45) is 0.412. The smallest absolute Gasteiger partial charge is 0.292 e. The summed E-state index contributed by atoms with van der Waals surface area (Å²) in [4.78, 5) is 22.5. The van der Waals surface area contributed by atoms with Gasteiger partial charge in [0.05, 0.1) is 4.92 Å². The average Bonchev–Trinajstić information content (AvgIpc) is 2.59. The topological polar surface area (TPSA) is 84.3 Å². The molecule has 0 saturated heterocycles. The number of benzene rings is 2. The van der Waals surface area contributed by atoms with Crippen molar-refractivity contribution >= 4 is 17.3 Å². The largest absolute Gasteiger partial charge is 0.378 e. The molecule has 0 aliphatic carbocycles. The van der Waals surface area contributed by atoms with Gasteiger partial charge in [0.15, 0.2) is 0 Å². The zero-order chi connectivity index (χ0) is 17.4. The standard InChI is InChI=1S/C18H21N3O3/c1-14(15-7-3-2-4-8-15)13-18(22)20-12-11-19-16-9-5-6-10-17(16)21(23)24/h2-10,14,19H,11-13H2,1H3,(H,20,22)/t14-/m0/s1. The van der Waals surface area contributed by atoms with Crippen LogP contribution in [0.5, 0.6) is 0 Å². The Morgan fingerprint density at radius 3 is 2.46 bits per heavy atom. The summed E-state index contributed by atoms with van der Waals surface area (Å²) in [5, 5.41) is 16.7. The minimum Gasteiger partial charge on any atom is -0.378 e. The Hall–Kier alpha value is -2.89. The van der Waals surface area contributed by atoms with Gasteiger partial charge in [0, 0.05) is 25.6 Å². The van der Waals surface area contributed by atoms with Crippen molar-refractivity contribution < 1.29 is 9.72 Å². The van der Waals surface area contributed by atoms with Crippen molar-refractivity contribution in [3.8, 4) is 0 Å². The number of nitro groups is 1. The quantitative estimate of drug-likeness (QED) is 0.442. The molecule has 6 heteroatoms. The van der Waals surface area contributed by atoms with E-state index in [1.165, 1.54) is 6.07 Å². The van der Waals surface area contributed by atoms with Crippen molar-refractivity contribution in [1.29, 1.82) is 0 Å². The number of amides is 1. The van der Waals surface area contributed by atoms with E-state index in [2.05, 4.69) is 10.6 Å². The predicted octanol–water partition coefficient (Wildman–Crippen LogP) is 3.32. The van der Waals surface area contributed by atoms with Crippen LogP contribution in [0.15, 0.2) is 54.6 Å². The lowest BCUT2D eigenvalue weighted by molar-refractivity contribution is -0.384. The second kappa shape index (κ2) is 8.67. The van der Waals surface area contributed by atoms with Crippen molar-refractivity contribution in [3.05, 3.63) is 70.3 Å². The van der Waals surface area contributed by atoms with E-state index < -0.39 is 4.92 Å². The molecule has 1 amide bonds. The highest BCUT2D eigenvalue weighted by Gasteiger charge is 2.12. The van der Waals surface area contributed by atoms with Crippen LogP contribution in [0.25, 0.3) is 0 Å². The molecule has 0 unspecified atom stereocenters. The Bertz CT molecular complexity index is 689. The number of hydrogen-bond donors (Lipinski definition) is 2. The molecule has 24 heavy (non-hydrogen) atoms. The summed E-state index contributed by atoms with van der Waals surface area (Å²) >= 11 is 0. The summed E-state index contributed by atoms with van der Waals surface area (Å²) in [5.74, 6) is 0.116. The fraction of sp³-hybridized carbons (Fsp3) is 0.278. The van der Waals surface area contributed by atoms with Crippen LogP contribution in [0.1, 0.15) is 24.8 Å². The molecule has 1 atom stereocenters. The molecule has 0 aliphatic rings. The van der Waals surface area contributed by atoms with Crippen LogP contribution in [-0.4, -0.2) is 23.9 Å². The lowest BCUT2D eigenvalue weighted by atomic mass is 9.98. The van der Waals surface area contributed by atoms with Gasteiger partial charge in [-0.15, -0.1) is 0 Å². The average molecular weight is 327 g/mol. The van der Waals surface area contributed by atoms with Crippen LogP contribution in [-0.2, 0) is 4.79 Å². The number of rotatable bonds is 8. The van der Waals surface area contributed by atoms with Gasteiger partial charge in [-0.2, -0.15) is 0 Å². The summed E-state index contributed by atoms with van der Waals surface area (Å²) in [7, 11) is 0. The first kappa shape index (κ1) is 17.5. The molecule has 0 heterocycles. The SMILES string of the molecule is C[C@@H](CC(=O)NCCNc1ccccc1[N+](=O)[O-])c1ccccc1. The Morgan fingerprint density at radius 1 is 1.08 bits per heavy atom. The molecule has 0 fully saturated rings. The number of para-hydroxylation sites is 2. The minimum atomic E-state index is -0.428. The summed E-state index contributed by atoms with van der Waals surface area (Å²) in [6, 6.07) is 16.3. The molecule has 126 valence electrons. The van der Waals surface area contributed by atoms with Crippen LogP contribution in [0.2, 0.25) is 0 Å². The van der Waals surface area contributed by atoms with Gasteiger partial charge in [0.2, 0.25) is 5.91 Å². The normalized spacial score (nSPS) is 11.5. The first-order chi connectivity index (χ1) is 11.6. The van der Waals surface area contributed by atoms with E-state index in [9.17, 15) is 14.9 Å². The molecule has 0 radical (unpaired) electrons. The number of nitrogens with one attached hydrogen (secondary N) is 2. The second-order valence-corrected chi connectivity index (χ2v) is 5.57. The minimum absolute atomic E-state index is 0.0292. The molecule has 0 spiro atoms. The number of nitro benzene ring substituents is 1. The molecule has 0 saturated carbocycles. The monoisotopic (exact) mass is 327 g/mol. The van der Waals surface area contributed by atoms with E-state index >= 15 is 0 Å². The van der Waals surface area contributed by atoms with Gasteiger partial charge < -0.3 is 10.6 Å². The van der Waals surface area contributed by atoms with Crippen LogP contribution in [0, 0.1) is 10.1 Å². The molecular formula is C18H21N3O3. The number of hydrogen-bond acceptors (Lipinski definition) is 4. The van der Waals surface area contributed by atoms with Crippen LogP contribution >= 0.6 is 0 Å². The van der Waals surface area contributed by atoms with Crippen molar-refractivity contribution in [3.63, 3.8) is 0 Å². The van der Waals surface area contributed by atoms with E-state index in [0.29, 0.717) is 25.2 Å². The Morgan fingerprint density at radius 2 is 1.75 bits per heavy atom.